The van der Waals surface area contributed by atoms with Crippen LogP contribution < -0.4 is 28.4 Å². The lowest BCUT2D eigenvalue weighted by atomic mass is 9.70. The van der Waals surface area contributed by atoms with E-state index in [0.29, 0.717) is 91.6 Å². The number of rotatable bonds is 15. The van der Waals surface area contributed by atoms with Crippen molar-refractivity contribution in [3.8, 4) is 34.5 Å². The molecule has 91 heavy (non-hydrogen) atoms. The van der Waals surface area contributed by atoms with Crippen LogP contribution in [-0.4, -0.2) is 199 Å². The molecular formula is C67H89BClN6O16+. The van der Waals surface area contributed by atoms with E-state index in [-0.39, 0.29) is 40.2 Å². The third-order valence-electron chi connectivity index (χ3n) is 19.2. The number of aromatic nitrogens is 3. The molecule has 492 valence electrons. The first-order valence-electron chi connectivity index (χ1n) is 31.1. The standard InChI is InChI=1S/C24H32BN2O6.C24H32N2O6.C19H24N2O4.ClH/c1-23(2,3)33-22(29)26-14-17(16-12-19(30-4)20(31-5)13-18(16)26)21(28)32-15-24-6-9-27(25,10-7-24)11-8-24;1-23(2,3)32-22(28)26-14-17(16-12-19(29-4)20(30-5)13-18(16)26)21(27)31-15-24-6-9-25(10-7-24)11-8-24;1-23-16-9-13-14(11-20-15(13)10-17(16)24-2)18(22)25-12-19-3-6-21(7-4-19)8-5-19;/h12-14H,6-11,15H2,1-5H3;12-14H,6-11,15H2,1-5H3;9-11,20H,3-8,12H2,1-2H3;1H/q+1;;;. The van der Waals surface area contributed by atoms with Crippen LogP contribution >= 0.6 is 12.4 Å². The highest BCUT2D eigenvalue weighted by Crippen LogP contribution is 2.46. The molecule has 12 heterocycles. The van der Waals surface area contributed by atoms with Crippen LogP contribution in [-0.2, 0) is 23.7 Å². The Morgan fingerprint density at radius 2 is 0.769 bits per heavy atom. The van der Waals surface area contributed by atoms with Crippen molar-refractivity contribution in [3.63, 3.8) is 0 Å². The number of methoxy groups -OCH3 is 6. The molecule has 9 saturated heterocycles. The SMILES string of the molecule is COc1cc2[nH]cc(C(=O)OCC34CCN(CC3)CC4)c2cc1OC.COc1cc2c(C(=O)OCC34CCN(CC3)CC4)cn(C(=O)OC(C)(C)C)c2cc1OC.Cl.[B][N+]12CCC(COC(=O)c3cn(C(=O)OC(C)(C)C)c4cc(OC)c(OC)cc34)(CC1)CC2. The third kappa shape index (κ3) is 14.8. The highest BCUT2D eigenvalue weighted by molar-refractivity contribution is 6.09. The Balaban J connectivity index is 0.000000162. The van der Waals surface area contributed by atoms with Crippen LogP contribution in [0.5, 0.6) is 34.5 Å². The molecule has 0 amide bonds. The zero-order chi connectivity index (χ0) is 64.6. The summed E-state index contributed by atoms with van der Waals surface area (Å²) < 4.78 is 64.0. The molecule has 3 aromatic heterocycles. The van der Waals surface area contributed by atoms with Gasteiger partial charge >= 0.3 is 38.1 Å². The summed E-state index contributed by atoms with van der Waals surface area (Å²) >= 11 is 0. The number of piperidine rings is 9. The smallest absolute Gasteiger partial charge is 0.481 e. The predicted octanol–water partition coefficient (Wildman–Crippen LogP) is 11.0. The van der Waals surface area contributed by atoms with Gasteiger partial charge in [-0.2, -0.15) is 0 Å². The van der Waals surface area contributed by atoms with Crippen LogP contribution in [0.2, 0.25) is 0 Å². The summed E-state index contributed by atoms with van der Waals surface area (Å²) in [7, 11) is 15.6. The highest BCUT2D eigenvalue weighted by Gasteiger charge is 2.48. The molecule has 24 heteroatoms. The molecule has 6 bridgehead atoms. The summed E-state index contributed by atoms with van der Waals surface area (Å²) in [6.07, 6.45) is 12.8. The second-order valence-electron chi connectivity index (χ2n) is 27.2. The minimum atomic E-state index is -0.692. The number of carbonyl (C=O) groups is 5. The van der Waals surface area contributed by atoms with Gasteiger partial charge in [0.1, 0.15) is 11.2 Å². The molecule has 3 aromatic carbocycles. The number of benzene rings is 3. The Morgan fingerprint density at radius 3 is 1.11 bits per heavy atom. The van der Waals surface area contributed by atoms with Gasteiger partial charge in [-0.25, -0.2) is 24.0 Å². The van der Waals surface area contributed by atoms with Crippen LogP contribution in [0, 0.1) is 16.2 Å². The first kappa shape index (κ1) is 68.0. The monoisotopic (exact) mass is 1280 g/mol. The maximum absolute atomic E-state index is 13.2. The van der Waals surface area contributed by atoms with E-state index in [4.69, 9.17) is 60.1 Å². The van der Waals surface area contributed by atoms with Crippen molar-refractivity contribution in [2.24, 2.45) is 16.2 Å². The van der Waals surface area contributed by atoms with Gasteiger partial charge in [0, 0.05) is 88.5 Å². The van der Waals surface area contributed by atoms with Crippen LogP contribution in [0.15, 0.2) is 55.0 Å². The van der Waals surface area contributed by atoms with E-state index in [1.165, 1.54) is 50.0 Å². The Kier molecular flexibility index (Phi) is 20.3. The number of halogens is 1. The lowest BCUT2D eigenvalue weighted by molar-refractivity contribution is -0.839. The van der Waals surface area contributed by atoms with Gasteiger partial charge in [0.2, 0.25) is 0 Å². The van der Waals surface area contributed by atoms with Crippen molar-refractivity contribution in [3.05, 3.63) is 71.7 Å². The van der Waals surface area contributed by atoms with E-state index in [1.54, 1.807) is 86.2 Å². The van der Waals surface area contributed by atoms with Gasteiger partial charge in [-0.1, -0.05) is 0 Å². The molecule has 0 unspecified atom stereocenters. The van der Waals surface area contributed by atoms with Gasteiger partial charge in [-0.3, -0.25) is 9.13 Å². The number of esters is 3. The average molecular weight is 1280 g/mol. The van der Waals surface area contributed by atoms with Gasteiger partial charge in [0.05, 0.1) is 115 Å². The van der Waals surface area contributed by atoms with E-state index in [1.807, 2.05) is 12.1 Å². The van der Waals surface area contributed by atoms with Crippen LogP contribution in [0.3, 0.4) is 0 Å². The van der Waals surface area contributed by atoms with Gasteiger partial charge in [-0.05, 0) is 138 Å². The molecular weight excluding hydrogens is 1190 g/mol. The summed E-state index contributed by atoms with van der Waals surface area (Å²) in [6.45, 7) is 21.3. The predicted molar refractivity (Wildman–Crippen MR) is 345 cm³/mol. The zero-order valence-corrected chi connectivity index (χ0v) is 55.6. The minimum absolute atomic E-state index is 0. The Labute approximate surface area is 539 Å². The molecule has 0 atom stereocenters. The molecule has 15 rings (SSSR count). The van der Waals surface area contributed by atoms with Crippen molar-refractivity contribution in [2.45, 2.75) is 111 Å². The molecule has 9 aliphatic rings. The van der Waals surface area contributed by atoms with Crippen molar-refractivity contribution >= 4 is 83.2 Å². The number of hydrogen-bond acceptors (Lipinski definition) is 18. The molecule has 0 aliphatic carbocycles. The average Bonchev–Trinajstić information content (AvgIpc) is 1.76. The molecule has 0 saturated carbocycles. The Hall–Kier alpha value is -7.34. The van der Waals surface area contributed by atoms with Crippen LogP contribution in [0.25, 0.3) is 32.7 Å². The summed E-state index contributed by atoms with van der Waals surface area (Å²) in [6, 6.07) is 10.4. The summed E-state index contributed by atoms with van der Waals surface area (Å²) in [5.74, 6) is 1.84. The van der Waals surface area contributed by atoms with E-state index in [2.05, 4.69) is 14.8 Å². The van der Waals surface area contributed by atoms with Crippen molar-refractivity contribution in [1.29, 1.82) is 0 Å². The van der Waals surface area contributed by atoms with Crippen LogP contribution in [0.4, 0.5) is 9.59 Å². The number of aromatic amines is 1. The number of carbonyl (C=O) groups excluding carboxylic acids is 5. The summed E-state index contributed by atoms with van der Waals surface area (Å²) in [4.78, 5) is 72.9. The van der Waals surface area contributed by atoms with Crippen LogP contribution in [0.1, 0.15) is 130 Å². The molecule has 0 spiro atoms. The molecule has 1 N–H and O–H groups in total. The molecule has 6 aromatic rings. The lowest BCUT2D eigenvalue weighted by Crippen LogP contribution is -2.61. The van der Waals surface area contributed by atoms with Crippen molar-refractivity contribution in [2.75, 3.05) is 121 Å². The minimum Gasteiger partial charge on any atom is -0.493 e. The number of H-pyrrole nitrogens is 1. The second kappa shape index (κ2) is 27.1. The fraction of sp³-hybridized carbons (Fsp3) is 0.567. The topological polar surface area (TPSA) is 219 Å². The zero-order valence-electron chi connectivity index (χ0n) is 54.8. The Morgan fingerprint density at radius 1 is 0.462 bits per heavy atom. The normalized spacial score (nSPS) is 23.7. The fourth-order valence-corrected chi connectivity index (χ4v) is 13.4. The number of fused-ring (bicyclic) bond motifs is 12. The van der Waals surface area contributed by atoms with Gasteiger partial charge in [0.15, 0.2) is 34.5 Å². The third-order valence-corrected chi connectivity index (χ3v) is 19.2. The summed E-state index contributed by atoms with van der Waals surface area (Å²) in [5.41, 5.74) is 1.78. The lowest BCUT2D eigenvalue weighted by Gasteiger charge is -2.53. The van der Waals surface area contributed by atoms with E-state index in [9.17, 15) is 24.0 Å². The van der Waals surface area contributed by atoms with Gasteiger partial charge in [-0.15, -0.1) is 12.4 Å². The number of nitrogens with one attached hydrogen (secondary N) is 1. The molecule has 9 fully saturated rings. The number of quaternary nitrogens is 1. The summed E-state index contributed by atoms with van der Waals surface area (Å²) in [5, 5.41) is 1.87. The highest BCUT2D eigenvalue weighted by atomic mass is 35.5. The van der Waals surface area contributed by atoms with Gasteiger partial charge in [0.25, 0.3) is 0 Å². The number of ether oxygens (including phenoxy) is 11. The molecule has 22 nitrogen and oxygen atoms in total. The van der Waals surface area contributed by atoms with Gasteiger partial charge < -0.3 is 71.3 Å². The maximum Gasteiger partial charge on any atom is 0.481 e. The first-order chi connectivity index (χ1) is 42.8. The maximum atomic E-state index is 13.2. The quantitative estimate of drug-likeness (QED) is 0.0574. The largest absolute Gasteiger partial charge is 0.493 e. The first-order valence-corrected chi connectivity index (χ1v) is 31.1. The number of hydrogen-bond donors (Lipinski definition) is 1. The molecule has 9 aliphatic heterocycles. The number of nitrogens with zero attached hydrogens (tertiary/aromatic N) is 5. The van der Waals surface area contributed by atoms with E-state index < -0.39 is 35.3 Å². The molecule has 2 radical (unpaired) electrons. The van der Waals surface area contributed by atoms with Crippen molar-refractivity contribution in [1.82, 2.24) is 23.9 Å². The fourth-order valence-electron chi connectivity index (χ4n) is 13.4. The van der Waals surface area contributed by atoms with E-state index in [0.717, 1.165) is 128 Å². The van der Waals surface area contributed by atoms with Crippen molar-refractivity contribution < 1.29 is 80.5 Å². The Bertz CT molecular complexity index is 3610. The second-order valence-corrected chi connectivity index (χ2v) is 27.2. The van der Waals surface area contributed by atoms with E-state index >= 15 is 0 Å².